The minimum Gasteiger partial charge on any atom is -0.397 e. The zero-order valence-corrected chi connectivity index (χ0v) is 12.9. The standard InChI is InChI=1S/C20H18N2O/c1-14-17(15-8-4-2-5-9-15)12-13-18(21)19(14)22-20(23)16-10-6-3-7-11-16/h2-13H,21H2,1H3,(H,22,23). The second-order valence-electron chi connectivity index (χ2n) is 5.39. The fourth-order valence-electron chi connectivity index (χ4n) is 2.60. The van der Waals surface area contributed by atoms with Gasteiger partial charge in [0.2, 0.25) is 0 Å². The van der Waals surface area contributed by atoms with Crippen LogP contribution in [0.1, 0.15) is 15.9 Å². The Labute approximate surface area is 135 Å². The lowest BCUT2D eigenvalue weighted by Gasteiger charge is -2.15. The molecule has 3 aromatic rings. The maximum absolute atomic E-state index is 12.4. The summed E-state index contributed by atoms with van der Waals surface area (Å²) in [5.74, 6) is -0.161. The molecule has 0 fully saturated rings. The van der Waals surface area contributed by atoms with Gasteiger partial charge in [-0.3, -0.25) is 4.79 Å². The first kappa shape index (κ1) is 14.9. The number of hydrogen-bond acceptors (Lipinski definition) is 2. The first-order valence-corrected chi connectivity index (χ1v) is 7.47. The molecule has 3 nitrogen and oxygen atoms in total. The molecule has 1 amide bonds. The number of hydrogen-bond donors (Lipinski definition) is 2. The van der Waals surface area contributed by atoms with Crippen molar-refractivity contribution in [3.63, 3.8) is 0 Å². The van der Waals surface area contributed by atoms with Gasteiger partial charge in [0, 0.05) is 5.56 Å². The van der Waals surface area contributed by atoms with Crippen molar-refractivity contribution >= 4 is 17.3 Å². The number of amides is 1. The van der Waals surface area contributed by atoms with E-state index >= 15 is 0 Å². The highest BCUT2D eigenvalue weighted by atomic mass is 16.1. The molecule has 0 aromatic heterocycles. The van der Waals surface area contributed by atoms with Crippen LogP contribution in [0.25, 0.3) is 11.1 Å². The third-order valence-corrected chi connectivity index (χ3v) is 3.86. The number of nitrogens with two attached hydrogens (primary N) is 1. The predicted molar refractivity (Wildman–Crippen MR) is 95.4 cm³/mol. The Morgan fingerprint density at radius 2 is 1.48 bits per heavy atom. The molecule has 0 unspecified atom stereocenters. The summed E-state index contributed by atoms with van der Waals surface area (Å²) in [4.78, 5) is 12.4. The molecule has 0 saturated heterocycles. The van der Waals surface area contributed by atoms with E-state index in [0.717, 1.165) is 16.7 Å². The monoisotopic (exact) mass is 302 g/mol. The van der Waals surface area contributed by atoms with E-state index < -0.39 is 0 Å². The maximum atomic E-state index is 12.4. The van der Waals surface area contributed by atoms with E-state index in [1.54, 1.807) is 12.1 Å². The average Bonchev–Trinajstić information content (AvgIpc) is 2.60. The molecule has 0 aliphatic carbocycles. The van der Waals surface area contributed by atoms with Crippen molar-refractivity contribution in [2.45, 2.75) is 6.92 Å². The molecule has 23 heavy (non-hydrogen) atoms. The molecule has 114 valence electrons. The lowest BCUT2D eigenvalue weighted by molar-refractivity contribution is 0.102. The molecule has 0 bridgehead atoms. The lowest BCUT2D eigenvalue weighted by atomic mass is 9.98. The van der Waals surface area contributed by atoms with Gasteiger partial charge < -0.3 is 11.1 Å². The molecule has 0 spiro atoms. The van der Waals surface area contributed by atoms with E-state index in [4.69, 9.17) is 5.73 Å². The number of benzene rings is 3. The van der Waals surface area contributed by atoms with Gasteiger partial charge in [-0.05, 0) is 41.8 Å². The number of nitrogen functional groups attached to an aromatic ring is 1. The minimum absolute atomic E-state index is 0.161. The van der Waals surface area contributed by atoms with Crippen LogP contribution < -0.4 is 11.1 Å². The second-order valence-corrected chi connectivity index (χ2v) is 5.39. The van der Waals surface area contributed by atoms with Gasteiger partial charge in [-0.2, -0.15) is 0 Å². The number of carbonyl (C=O) groups is 1. The summed E-state index contributed by atoms with van der Waals surface area (Å²) in [5, 5.41) is 2.94. The predicted octanol–water partition coefficient (Wildman–Crippen LogP) is 4.50. The molecule has 3 aromatic carbocycles. The van der Waals surface area contributed by atoms with Crippen LogP contribution in [0.5, 0.6) is 0 Å². The van der Waals surface area contributed by atoms with Crippen molar-refractivity contribution in [1.29, 1.82) is 0 Å². The third kappa shape index (κ3) is 3.09. The number of rotatable bonds is 3. The average molecular weight is 302 g/mol. The minimum atomic E-state index is -0.161. The molecule has 0 saturated carbocycles. The van der Waals surface area contributed by atoms with Crippen LogP contribution in [0.15, 0.2) is 72.8 Å². The number of carbonyl (C=O) groups excluding carboxylic acids is 1. The van der Waals surface area contributed by atoms with Crippen LogP contribution in [-0.2, 0) is 0 Å². The van der Waals surface area contributed by atoms with Crippen molar-refractivity contribution in [3.8, 4) is 11.1 Å². The van der Waals surface area contributed by atoms with E-state index in [9.17, 15) is 4.79 Å². The van der Waals surface area contributed by atoms with Gasteiger partial charge in [0.25, 0.3) is 5.91 Å². The summed E-state index contributed by atoms with van der Waals surface area (Å²) in [6.45, 7) is 1.97. The van der Waals surface area contributed by atoms with Crippen molar-refractivity contribution in [2.75, 3.05) is 11.1 Å². The van der Waals surface area contributed by atoms with Gasteiger partial charge in [0.15, 0.2) is 0 Å². The molecule has 3 heteroatoms. The van der Waals surface area contributed by atoms with Crippen LogP contribution in [0.4, 0.5) is 11.4 Å². The van der Waals surface area contributed by atoms with Crippen molar-refractivity contribution in [1.82, 2.24) is 0 Å². The van der Waals surface area contributed by atoms with Gasteiger partial charge >= 0.3 is 0 Å². The summed E-state index contributed by atoms with van der Waals surface area (Å²) < 4.78 is 0. The van der Waals surface area contributed by atoms with Crippen molar-refractivity contribution < 1.29 is 4.79 Å². The Kier molecular flexibility index (Phi) is 4.11. The SMILES string of the molecule is Cc1c(-c2ccccc2)ccc(N)c1NC(=O)c1ccccc1. The molecular weight excluding hydrogens is 284 g/mol. The van der Waals surface area contributed by atoms with Crippen LogP contribution >= 0.6 is 0 Å². The van der Waals surface area contributed by atoms with Crippen LogP contribution in [0.2, 0.25) is 0 Å². The van der Waals surface area contributed by atoms with Gasteiger partial charge in [-0.15, -0.1) is 0 Å². The Balaban J connectivity index is 1.98. The smallest absolute Gasteiger partial charge is 0.255 e. The molecule has 0 radical (unpaired) electrons. The fraction of sp³-hybridized carbons (Fsp3) is 0.0500. The van der Waals surface area contributed by atoms with Crippen LogP contribution in [0.3, 0.4) is 0 Å². The summed E-state index contributed by atoms with van der Waals surface area (Å²) in [5.41, 5.74) is 11.0. The first-order valence-electron chi connectivity index (χ1n) is 7.47. The van der Waals surface area contributed by atoms with Gasteiger partial charge in [0.1, 0.15) is 0 Å². The lowest BCUT2D eigenvalue weighted by Crippen LogP contribution is -2.14. The zero-order chi connectivity index (χ0) is 16.2. The Bertz CT molecular complexity index is 827. The van der Waals surface area contributed by atoms with E-state index in [1.165, 1.54) is 0 Å². The third-order valence-electron chi connectivity index (χ3n) is 3.86. The molecular formula is C20H18N2O. The molecule has 3 rings (SSSR count). The van der Waals surface area contributed by atoms with Crippen LogP contribution in [-0.4, -0.2) is 5.91 Å². The van der Waals surface area contributed by atoms with E-state index in [-0.39, 0.29) is 5.91 Å². The van der Waals surface area contributed by atoms with E-state index in [1.807, 2.05) is 67.6 Å². The molecule has 0 atom stereocenters. The summed E-state index contributed by atoms with van der Waals surface area (Å²) in [6, 6.07) is 23.0. The van der Waals surface area contributed by atoms with Gasteiger partial charge in [0.05, 0.1) is 11.4 Å². The molecule has 0 aliphatic heterocycles. The molecule has 0 heterocycles. The second kappa shape index (κ2) is 6.36. The highest BCUT2D eigenvalue weighted by Gasteiger charge is 2.13. The normalized spacial score (nSPS) is 10.3. The highest BCUT2D eigenvalue weighted by molar-refractivity contribution is 6.06. The number of anilines is 2. The summed E-state index contributed by atoms with van der Waals surface area (Å²) >= 11 is 0. The quantitative estimate of drug-likeness (QED) is 0.700. The van der Waals surface area contributed by atoms with Gasteiger partial charge in [-0.25, -0.2) is 0 Å². The summed E-state index contributed by atoms with van der Waals surface area (Å²) in [7, 11) is 0. The fourth-order valence-corrected chi connectivity index (χ4v) is 2.60. The molecule has 3 N–H and O–H groups in total. The van der Waals surface area contributed by atoms with Crippen molar-refractivity contribution in [3.05, 3.63) is 83.9 Å². The van der Waals surface area contributed by atoms with E-state index in [2.05, 4.69) is 5.32 Å². The van der Waals surface area contributed by atoms with Gasteiger partial charge in [-0.1, -0.05) is 54.6 Å². The van der Waals surface area contributed by atoms with E-state index in [0.29, 0.717) is 16.9 Å². The maximum Gasteiger partial charge on any atom is 0.255 e. The zero-order valence-electron chi connectivity index (χ0n) is 12.9. The molecule has 0 aliphatic rings. The highest BCUT2D eigenvalue weighted by Crippen LogP contribution is 2.33. The van der Waals surface area contributed by atoms with Crippen LogP contribution in [0, 0.1) is 6.92 Å². The first-order chi connectivity index (χ1) is 11.2. The van der Waals surface area contributed by atoms with Crippen molar-refractivity contribution in [2.24, 2.45) is 0 Å². The Hall–Kier alpha value is -3.07. The number of nitrogens with one attached hydrogen (secondary N) is 1. The Morgan fingerprint density at radius 3 is 2.13 bits per heavy atom. The Morgan fingerprint density at radius 1 is 0.870 bits per heavy atom. The largest absolute Gasteiger partial charge is 0.397 e. The topological polar surface area (TPSA) is 55.1 Å². The summed E-state index contributed by atoms with van der Waals surface area (Å²) in [6.07, 6.45) is 0.